The molecule has 0 bridgehead atoms. The molecule has 3 nitrogen and oxygen atoms in total. The lowest BCUT2D eigenvalue weighted by Gasteiger charge is -2.03. The first-order valence-electron chi connectivity index (χ1n) is 4.31. The van der Waals surface area contributed by atoms with E-state index in [0.29, 0.717) is 10.7 Å². The van der Waals surface area contributed by atoms with E-state index >= 15 is 0 Å². The number of rotatable bonds is 2. The van der Waals surface area contributed by atoms with Gasteiger partial charge in [0.15, 0.2) is 0 Å². The normalized spacial score (nSPS) is 10.6. The van der Waals surface area contributed by atoms with E-state index in [0.717, 1.165) is 10.2 Å². The predicted octanol–water partition coefficient (Wildman–Crippen LogP) is 2.78. The molecule has 0 radical (unpaired) electrons. The molecule has 0 fully saturated rings. The van der Waals surface area contributed by atoms with Gasteiger partial charge in [-0.1, -0.05) is 33.6 Å². The molecule has 1 N–H and O–H groups in total. The third-order valence-electron chi connectivity index (χ3n) is 2.00. The van der Waals surface area contributed by atoms with Gasteiger partial charge >= 0.3 is 0 Å². The maximum absolute atomic E-state index is 8.99. The molecule has 0 unspecified atom stereocenters. The summed E-state index contributed by atoms with van der Waals surface area (Å²) >= 11 is 9.41. The summed E-state index contributed by atoms with van der Waals surface area (Å²) in [6.45, 7) is -0.104. The van der Waals surface area contributed by atoms with Crippen molar-refractivity contribution >= 4 is 27.5 Å². The van der Waals surface area contributed by atoms with Crippen molar-refractivity contribution in [1.82, 2.24) is 9.78 Å². The molecule has 0 aliphatic carbocycles. The molecule has 5 heteroatoms. The predicted molar refractivity (Wildman–Crippen MR) is 62.2 cm³/mol. The maximum atomic E-state index is 8.99. The van der Waals surface area contributed by atoms with Crippen molar-refractivity contribution in [3.05, 3.63) is 45.7 Å². The highest BCUT2D eigenvalue weighted by Crippen LogP contribution is 2.22. The van der Waals surface area contributed by atoms with Crippen LogP contribution in [0.5, 0.6) is 0 Å². The van der Waals surface area contributed by atoms with E-state index in [1.54, 1.807) is 10.9 Å². The second kappa shape index (κ2) is 4.35. The smallest absolute Gasteiger partial charge is 0.138 e. The standard InChI is InChI=1S/C10H8BrClN2O/c11-8-2-1-3-9(4-8)14-10(12)7(6-15)5-13-14/h1-5,15H,6H2. The van der Waals surface area contributed by atoms with Gasteiger partial charge in [0.1, 0.15) is 5.15 Å². The summed E-state index contributed by atoms with van der Waals surface area (Å²) in [5.41, 5.74) is 1.48. The van der Waals surface area contributed by atoms with E-state index in [2.05, 4.69) is 21.0 Å². The summed E-state index contributed by atoms with van der Waals surface area (Å²) in [6, 6.07) is 7.62. The van der Waals surface area contributed by atoms with Crippen LogP contribution in [-0.4, -0.2) is 14.9 Å². The van der Waals surface area contributed by atoms with Crippen LogP contribution in [0, 0.1) is 0 Å². The Morgan fingerprint density at radius 1 is 1.47 bits per heavy atom. The maximum Gasteiger partial charge on any atom is 0.138 e. The SMILES string of the molecule is OCc1cnn(-c2cccc(Br)c2)c1Cl. The highest BCUT2D eigenvalue weighted by atomic mass is 79.9. The number of aliphatic hydroxyl groups is 1. The van der Waals surface area contributed by atoms with Gasteiger partial charge in [0, 0.05) is 10.0 Å². The van der Waals surface area contributed by atoms with Gasteiger partial charge in [-0.2, -0.15) is 5.10 Å². The Morgan fingerprint density at radius 3 is 2.87 bits per heavy atom. The number of nitrogens with zero attached hydrogens (tertiary/aromatic N) is 2. The van der Waals surface area contributed by atoms with Crippen LogP contribution < -0.4 is 0 Å². The molecular weight excluding hydrogens is 279 g/mol. The first kappa shape index (κ1) is 10.7. The van der Waals surface area contributed by atoms with Crippen molar-refractivity contribution in [2.24, 2.45) is 0 Å². The molecule has 1 aromatic carbocycles. The van der Waals surface area contributed by atoms with Crippen LogP contribution in [0.1, 0.15) is 5.56 Å². The molecule has 1 aromatic heterocycles. The van der Waals surface area contributed by atoms with Gasteiger partial charge in [-0.15, -0.1) is 0 Å². The van der Waals surface area contributed by atoms with E-state index < -0.39 is 0 Å². The minimum Gasteiger partial charge on any atom is -0.392 e. The van der Waals surface area contributed by atoms with E-state index in [1.807, 2.05) is 24.3 Å². The first-order chi connectivity index (χ1) is 7.22. The highest BCUT2D eigenvalue weighted by molar-refractivity contribution is 9.10. The van der Waals surface area contributed by atoms with Gasteiger partial charge in [0.05, 0.1) is 18.5 Å². The van der Waals surface area contributed by atoms with E-state index in [-0.39, 0.29) is 6.61 Å². The molecule has 0 atom stereocenters. The summed E-state index contributed by atoms with van der Waals surface area (Å²) < 4.78 is 2.54. The molecule has 0 spiro atoms. The summed E-state index contributed by atoms with van der Waals surface area (Å²) in [7, 11) is 0. The molecule has 15 heavy (non-hydrogen) atoms. The molecule has 2 rings (SSSR count). The summed E-state index contributed by atoms with van der Waals surface area (Å²) in [5.74, 6) is 0. The average molecular weight is 288 g/mol. The van der Waals surface area contributed by atoms with Gasteiger partial charge in [0.25, 0.3) is 0 Å². The Morgan fingerprint density at radius 2 is 2.27 bits per heavy atom. The topological polar surface area (TPSA) is 38.1 Å². The third kappa shape index (κ3) is 2.07. The molecule has 0 saturated carbocycles. The van der Waals surface area contributed by atoms with Crippen molar-refractivity contribution in [3.63, 3.8) is 0 Å². The van der Waals surface area contributed by atoms with Crippen molar-refractivity contribution in [2.45, 2.75) is 6.61 Å². The fourth-order valence-electron chi connectivity index (χ4n) is 1.26. The number of aliphatic hydroxyl groups excluding tert-OH is 1. The molecule has 0 amide bonds. The zero-order valence-corrected chi connectivity index (χ0v) is 10.0. The van der Waals surface area contributed by atoms with Gasteiger partial charge in [-0.05, 0) is 18.2 Å². The lowest BCUT2D eigenvalue weighted by Crippen LogP contribution is -1.96. The van der Waals surface area contributed by atoms with Crippen molar-refractivity contribution in [2.75, 3.05) is 0 Å². The van der Waals surface area contributed by atoms with Crippen molar-refractivity contribution in [1.29, 1.82) is 0 Å². The van der Waals surface area contributed by atoms with E-state index in [1.165, 1.54) is 0 Å². The van der Waals surface area contributed by atoms with Crippen LogP contribution in [0.4, 0.5) is 0 Å². The molecule has 1 heterocycles. The molecule has 0 aliphatic heterocycles. The van der Waals surface area contributed by atoms with Crippen LogP contribution in [0.15, 0.2) is 34.9 Å². The van der Waals surface area contributed by atoms with Crippen molar-refractivity contribution in [3.8, 4) is 5.69 Å². The minimum atomic E-state index is -0.104. The summed E-state index contributed by atoms with van der Waals surface area (Å²) in [4.78, 5) is 0. The lowest BCUT2D eigenvalue weighted by atomic mass is 10.3. The molecule has 2 aromatic rings. The van der Waals surface area contributed by atoms with E-state index in [4.69, 9.17) is 16.7 Å². The largest absolute Gasteiger partial charge is 0.392 e. The van der Waals surface area contributed by atoms with Crippen LogP contribution in [0.2, 0.25) is 5.15 Å². The van der Waals surface area contributed by atoms with Gasteiger partial charge < -0.3 is 5.11 Å². The van der Waals surface area contributed by atoms with Crippen LogP contribution in [0.3, 0.4) is 0 Å². The van der Waals surface area contributed by atoms with Crippen LogP contribution >= 0.6 is 27.5 Å². The Kier molecular flexibility index (Phi) is 3.09. The van der Waals surface area contributed by atoms with Crippen LogP contribution in [-0.2, 0) is 6.61 Å². The lowest BCUT2D eigenvalue weighted by molar-refractivity contribution is 0.282. The van der Waals surface area contributed by atoms with E-state index in [9.17, 15) is 0 Å². The first-order valence-corrected chi connectivity index (χ1v) is 5.48. The quantitative estimate of drug-likeness (QED) is 0.922. The number of aromatic nitrogens is 2. The Bertz CT molecular complexity index is 484. The Hall–Kier alpha value is -0.840. The number of hydrogen-bond acceptors (Lipinski definition) is 2. The summed E-state index contributed by atoms with van der Waals surface area (Å²) in [5, 5.41) is 13.5. The molecule has 78 valence electrons. The van der Waals surface area contributed by atoms with Crippen LogP contribution in [0.25, 0.3) is 5.69 Å². The zero-order chi connectivity index (χ0) is 10.8. The van der Waals surface area contributed by atoms with Gasteiger partial charge in [-0.3, -0.25) is 0 Å². The van der Waals surface area contributed by atoms with Crippen molar-refractivity contribution < 1.29 is 5.11 Å². The number of halogens is 2. The number of hydrogen-bond donors (Lipinski definition) is 1. The van der Waals surface area contributed by atoms with Gasteiger partial charge in [-0.25, -0.2) is 4.68 Å². The fraction of sp³-hybridized carbons (Fsp3) is 0.100. The third-order valence-corrected chi connectivity index (χ3v) is 2.90. The monoisotopic (exact) mass is 286 g/mol. The molecule has 0 aliphatic rings. The zero-order valence-electron chi connectivity index (χ0n) is 7.69. The molecule has 0 saturated heterocycles. The second-order valence-electron chi connectivity index (χ2n) is 3.01. The second-order valence-corrected chi connectivity index (χ2v) is 4.28. The number of benzene rings is 1. The minimum absolute atomic E-state index is 0.104. The average Bonchev–Trinajstić information content (AvgIpc) is 2.59. The van der Waals surface area contributed by atoms with Gasteiger partial charge in [0.2, 0.25) is 0 Å². The fourth-order valence-corrected chi connectivity index (χ4v) is 1.90. The molecular formula is C10H8BrClN2O. The summed E-state index contributed by atoms with van der Waals surface area (Å²) in [6.07, 6.45) is 1.56. The Labute approximate surface area is 100 Å². The Balaban J connectivity index is 2.49. The highest BCUT2D eigenvalue weighted by Gasteiger charge is 2.08.